The second-order valence-corrected chi connectivity index (χ2v) is 4.66. The minimum atomic E-state index is 0.273. The van der Waals surface area contributed by atoms with Gasteiger partial charge in [-0.05, 0) is 43.7 Å². The predicted octanol–water partition coefficient (Wildman–Crippen LogP) is 3.49. The summed E-state index contributed by atoms with van der Waals surface area (Å²) in [6, 6.07) is 10.6. The van der Waals surface area contributed by atoms with E-state index in [1.807, 2.05) is 25.3 Å². The normalized spacial score (nSPS) is 12.4. The molecule has 1 aromatic carbocycles. The standard InChI is InChI=1S/C16H21NO2/c1-4-17-16(14-8-12(2)19-11-14)10-13-6-5-7-15(9-13)18-3/h5-9,11,16-17H,4,10H2,1-3H3. The van der Waals surface area contributed by atoms with E-state index in [-0.39, 0.29) is 6.04 Å². The van der Waals surface area contributed by atoms with Crippen molar-refractivity contribution in [1.29, 1.82) is 0 Å². The van der Waals surface area contributed by atoms with Crippen LogP contribution in [0.3, 0.4) is 0 Å². The van der Waals surface area contributed by atoms with Crippen LogP contribution in [0.4, 0.5) is 0 Å². The van der Waals surface area contributed by atoms with Crippen molar-refractivity contribution in [2.45, 2.75) is 26.3 Å². The van der Waals surface area contributed by atoms with Gasteiger partial charge >= 0.3 is 0 Å². The molecule has 0 aliphatic rings. The van der Waals surface area contributed by atoms with Gasteiger partial charge < -0.3 is 14.5 Å². The van der Waals surface area contributed by atoms with Crippen molar-refractivity contribution in [3.05, 3.63) is 53.5 Å². The lowest BCUT2D eigenvalue weighted by atomic mass is 10.0. The number of likely N-dealkylation sites (N-methyl/N-ethyl adjacent to an activating group) is 1. The fraction of sp³-hybridized carbons (Fsp3) is 0.375. The molecular formula is C16H21NO2. The highest BCUT2D eigenvalue weighted by Gasteiger charge is 2.13. The van der Waals surface area contributed by atoms with Crippen molar-refractivity contribution >= 4 is 0 Å². The zero-order chi connectivity index (χ0) is 13.7. The third kappa shape index (κ3) is 3.61. The van der Waals surface area contributed by atoms with Gasteiger partial charge in [-0.3, -0.25) is 0 Å². The molecule has 2 aromatic rings. The average molecular weight is 259 g/mol. The van der Waals surface area contributed by atoms with Gasteiger partial charge in [-0.25, -0.2) is 0 Å². The molecule has 0 bridgehead atoms. The van der Waals surface area contributed by atoms with Gasteiger partial charge in [-0.1, -0.05) is 19.1 Å². The summed E-state index contributed by atoms with van der Waals surface area (Å²) in [5, 5.41) is 3.50. The topological polar surface area (TPSA) is 34.4 Å². The van der Waals surface area contributed by atoms with Crippen LogP contribution in [0.15, 0.2) is 41.0 Å². The molecule has 1 heterocycles. The molecule has 1 aromatic heterocycles. The number of benzene rings is 1. The second kappa shape index (κ2) is 6.43. The Hall–Kier alpha value is -1.74. The Morgan fingerprint density at radius 1 is 1.32 bits per heavy atom. The van der Waals surface area contributed by atoms with E-state index in [0.717, 1.165) is 24.5 Å². The third-order valence-electron chi connectivity index (χ3n) is 3.18. The Morgan fingerprint density at radius 3 is 2.79 bits per heavy atom. The van der Waals surface area contributed by atoms with Crippen LogP contribution in [0, 0.1) is 6.92 Å². The summed E-state index contributed by atoms with van der Waals surface area (Å²) in [6.45, 7) is 5.02. The quantitative estimate of drug-likeness (QED) is 0.862. The lowest BCUT2D eigenvalue weighted by Gasteiger charge is -2.16. The molecule has 3 nitrogen and oxygen atoms in total. The van der Waals surface area contributed by atoms with E-state index in [0.29, 0.717) is 0 Å². The van der Waals surface area contributed by atoms with E-state index in [2.05, 4.69) is 30.4 Å². The first kappa shape index (κ1) is 13.7. The number of hydrogen-bond donors (Lipinski definition) is 1. The number of nitrogens with one attached hydrogen (secondary N) is 1. The van der Waals surface area contributed by atoms with Crippen molar-refractivity contribution < 1.29 is 9.15 Å². The maximum atomic E-state index is 5.41. The molecule has 0 saturated carbocycles. The minimum absolute atomic E-state index is 0.273. The van der Waals surface area contributed by atoms with Crippen LogP contribution in [0.25, 0.3) is 0 Å². The molecule has 0 radical (unpaired) electrons. The summed E-state index contributed by atoms with van der Waals surface area (Å²) >= 11 is 0. The van der Waals surface area contributed by atoms with Crippen molar-refractivity contribution in [2.24, 2.45) is 0 Å². The Morgan fingerprint density at radius 2 is 2.16 bits per heavy atom. The number of ether oxygens (including phenoxy) is 1. The highest BCUT2D eigenvalue weighted by Crippen LogP contribution is 2.22. The molecule has 0 spiro atoms. The van der Waals surface area contributed by atoms with Gasteiger partial charge in [-0.2, -0.15) is 0 Å². The number of methoxy groups -OCH3 is 1. The van der Waals surface area contributed by atoms with Crippen LogP contribution in [-0.2, 0) is 6.42 Å². The summed E-state index contributed by atoms with van der Waals surface area (Å²) in [6.07, 6.45) is 2.76. The average Bonchev–Trinajstić information content (AvgIpc) is 2.85. The molecule has 0 amide bonds. The van der Waals surface area contributed by atoms with E-state index >= 15 is 0 Å². The Balaban J connectivity index is 2.16. The zero-order valence-electron chi connectivity index (χ0n) is 11.8. The third-order valence-corrected chi connectivity index (χ3v) is 3.18. The van der Waals surface area contributed by atoms with Crippen LogP contribution in [0.2, 0.25) is 0 Å². The Bertz CT molecular complexity index is 519. The lowest BCUT2D eigenvalue weighted by molar-refractivity contribution is 0.414. The van der Waals surface area contributed by atoms with Gasteiger partial charge in [0.25, 0.3) is 0 Å². The van der Waals surface area contributed by atoms with Crippen LogP contribution in [0.5, 0.6) is 5.75 Å². The minimum Gasteiger partial charge on any atom is -0.497 e. The number of aryl methyl sites for hydroxylation is 1. The van der Waals surface area contributed by atoms with Gasteiger partial charge in [0.2, 0.25) is 0 Å². The summed E-state index contributed by atoms with van der Waals surface area (Å²) in [7, 11) is 1.69. The van der Waals surface area contributed by atoms with Crippen LogP contribution >= 0.6 is 0 Å². The maximum absolute atomic E-state index is 5.41. The number of hydrogen-bond acceptors (Lipinski definition) is 3. The smallest absolute Gasteiger partial charge is 0.119 e. The molecule has 0 saturated heterocycles. The zero-order valence-corrected chi connectivity index (χ0v) is 11.8. The summed E-state index contributed by atoms with van der Waals surface area (Å²) < 4.78 is 10.7. The van der Waals surface area contributed by atoms with E-state index < -0.39 is 0 Å². The Kier molecular flexibility index (Phi) is 4.63. The highest BCUT2D eigenvalue weighted by atomic mass is 16.5. The SMILES string of the molecule is CCNC(Cc1cccc(OC)c1)c1coc(C)c1. The maximum Gasteiger partial charge on any atom is 0.119 e. The highest BCUT2D eigenvalue weighted by molar-refractivity contribution is 5.30. The molecule has 1 N–H and O–H groups in total. The molecule has 1 unspecified atom stereocenters. The van der Waals surface area contributed by atoms with Crippen molar-refractivity contribution in [3.63, 3.8) is 0 Å². The summed E-state index contributed by atoms with van der Waals surface area (Å²) in [5.74, 6) is 1.85. The first-order valence-corrected chi connectivity index (χ1v) is 6.64. The van der Waals surface area contributed by atoms with Crippen molar-refractivity contribution in [2.75, 3.05) is 13.7 Å². The first-order valence-electron chi connectivity index (χ1n) is 6.64. The molecule has 1 atom stereocenters. The van der Waals surface area contributed by atoms with Gasteiger partial charge in [0.15, 0.2) is 0 Å². The Labute approximate surface area is 114 Å². The number of furan rings is 1. The predicted molar refractivity (Wildman–Crippen MR) is 76.6 cm³/mol. The van der Waals surface area contributed by atoms with E-state index in [9.17, 15) is 0 Å². The van der Waals surface area contributed by atoms with Gasteiger partial charge in [0.1, 0.15) is 11.5 Å². The lowest BCUT2D eigenvalue weighted by Crippen LogP contribution is -2.22. The van der Waals surface area contributed by atoms with Gasteiger partial charge in [0, 0.05) is 11.6 Å². The number of rotatable bonds is 6. The van der Waals surface area contributed by atoms with Gasteiger partial charge in [-0.15, -0.1) is 0 Å². The molecule has 19 heavy (non-hydrogen) atoms. The van der Waals surface area contributed by atoms with E-state index in [1.165, 1.54) is 11.1 Å². The van der Waals surface area contributed by atoms with Crippen molar-refractivity contribution in [1.82, 2.24) is 5.32 Å². The fourth-order valence-corrected chi connectivity index (χ4v) is 2.24. The van der Waals surface area contributed by atoms with Crippen LogP contribution < -0.4 is 10.1 Å². The molecule has 2 rings (SSSR count). The van der Waals surface area contributed by atoms with Crippen LogP contribution in [-0.4, -0.2) is 13.7 Å². The van der Waals surface area contributed by atoms with Gasteiger partial charge in [0.05, 0.1) is 13.4 Å². The molecule has 3 heteroatoms. The summed E-state index contributed by atoms with van der Waals surface area (Å²) in [5.41, 5.74) is 2.45. The fourth-order valence-electron chi connectivity index (χ4n) is 2.24. The second-order valence-electron chi connectivity index (χ2n) is 4.66. The molecule has 0 aliphatic carbocycles. The largest absolute Gasteiger partial charge is 0.497 e. The first-order chi connectivity index (χ1) is 9.22. The molecule has 0 aliphatic heterocycles. The summed E-state index contributed by atoms with van der Waals surface area (Å²) in [4.78, 5) is 0. The molecule has 102 valence electrons. The van der Waals surface area contributed by atoms with Crippen LogP contribution in [0.1, 0.15) is 29.9 Å². The van der Waals surface area contributed by atoms with Crippen molar-refractivity contribution in [3.8, 4) is 5.75 Å². The molecular weight excluding hydrogens is 238 g/mol. The molecule has 0 fully saturated rings. The van der Waals surface area contributed by atoms with E-state index in [1.54, 1.807) is 7.11 Å². The monoisotopic (exact) mass is 259 g/mol. The van der Waals surface area contributed by atoms with E-state index in [4.69, 9.17) is 9.15 Å².